The minimum Gasteiger partial charge on any atom is -0.508 e. The lowest BCUT2D eigenvalue weighted by Crippen LogP contribution is -2.29. The number of ether oxygens (including phenoxy) is 2. The number of amides is 1. The zero-order valence-corrected chi connectivity index (χ0v) is 18.3. The van der Waals surface area contributed by atoms with Gasteiger partial charge in [0.15, 0.2) is 6.10 Å². The van der Waals surface area contributed by atoms with Crippen molar-refractivity contribution in [1.82, 2.24) is 0 Å². The number of benzene rings is 2. The van der Waals surface area contributed by atoms with Crippen LogP contribution in [-0.2, 0) is 14.3 Å². The highest BCUT2D eigenvalue weighted by atomic mass is 32.2. The van der Waals surface area contributed by atoms with E-state index >= 15 is 0 Å². The number of phenols is 1. The SMILES string of the molecule is CCO[C@@H](CC/C=C/C(=O)O)[C@@H](OC(=O)Nc1ccc(SC)cc1)c1ccc(O)cc1. The summed E-state index contributed by atoms with van der Waals surface area (Å²) in [6, 6.07) is 13.7. The third kappa shape index (κ3) is 8.35. The van der Waals surface area contributed by atoms with Crippen molar-refractivity contribution >= 4 is 29.5 Å². The van der Waals surface area contributed by atoms with Gasteiger partial charge < -0.3 is 19.7 Å². The first kappa shape index (κ1) is 24.3. The normalized spacial score (nSPS) is 13.0. The third-order valence-electron chi connectivity index (χ3n) is 4.39. The highest BCUT2D eigenvalue weighted by Crippen LogP contribution is 2.29. The number of carbonyl (C=O) groups is 2. The third-order valence-corrected chi connectivity index (χ3v) is 5.13. The van der Waals surface area contributed by atoms with Crippen molar-refractivity contribution in [3.8, 4) is 5.75 Å². The summed E-state index contributed by atoms with van der Waals surface area (Å²) < 4.78 is 11.6. The van der Waals surface area contributed by atoms with Crippen LogP contribution in [0.25, 0.3) is 0 Å². The van der Waals surface area contributed by atoms with E-state index < -0.39 is 24.3 Å². The molecule has 2 aromatic rings. The number of aromatic hydroxyl groups is 1. The minimum absolute atomic E-state index is 0.0955. The van der Waals surface area contributed by atoms with E-state index in [1.54, 1.807) is 36.0 Å². The van der Waals surface area contributed by atoms with E-state index in [-0.39, 0.29) is 5.75 Å². The number of hydrogen-bond donors (Lipinski definition) is 3. The minimum atomic E-state index is -1.02. The predicted molar refractivity (Wildman–Crippen MR) is 121 cm³/mol. The average molecular weight is 446 g/mol. The molecule has 2 atom stereocenters. The Hall–Kier alpha value is -2.97. The number of anilines is 1. The second kappa shape index (κ2) is 12.7. The van der Waals surface area contributed by atoms with Crippen molar-refractivity contribution in [3.63, 3.8) is 0 Å². The molecule has 0 unspecified atom stereocenters. The van der Waals surface area contributed by atoms with Crippen LogP contribution < -0.4 is 5.32 Å². The lowest BCUT2D eigenvalue weighted by molar-refractivity contribution is -0.131. The molecule has 2 rings (SSSR count). The molecular formula is C23H27NO6S. The van der Waals surface area contributed by atoms with Crippen molar-refractivity contribution in [2.24, 2.45) is 0 Å². The first-order valence-corrected chi connectivity index (χ1v) is 11.1. The van der Waals surface area contributed by atoms with Crippen LogP contribution in [-0.4, -0.2) is 41.2 Å². The van der Waals surface area contributed by atoms with Crippen LogP contribution in [0, 0.1) is 0 Å². The van der Waals surface area contributed by atoms with Crippen LogP contribution in [0.4, 0.5) is 10.5 Å². The predicted octanol–water partition coefficient (Wildman–Crippen LogP) is 5.23. The maximum Gasteiger partial charge on any atom is 0.412 e. The van der Waals surface area contributed by atoms with Crippen molar-refractivity contribution < 1.29 is 29.3 Å². The number of hydrogen-bond acceptors (Lipinski definition) is 6. The number of nitrogens with one attached hydrogen (secondary N) is 1. The molecule has 1 amide bonds. The van der Waals surface area contributed by atoms with Crippen LogP contribution >= 0.6 is 11.8 Å². The van der Waals surface area contributed by atoms with Crippen molar-refractivity contribution in [3.05, 3.63) is 66.2 Å². The molecule has 0 heterocycles. The van der Waals surface area contributed by atoms with Gasteiger partial charge in [-0.3, -0.25) is 5.32 Å². The zero-order valence-electron chi connectivity index (χ0n) is 17.5. The Morgan fingerprint density at radius 2 is 1.81 bits per heavy atom. The van der Waals surface area contributed by atoms with Gasteiger partial charge in [0, 0.05) is 23.3 Å². The molecule has 31 heavy (non-hydrogen) atoms. The second-order valence-corrected chi connectivity index (χ2v) is 7.46. The van der Waals surface area contributed by atoms with Gasteiger partial charge in [-0.25, -0.2) is 9.59 Å². The highest BCUT2D eigenvalue weighted by molar-refractivity contribution is 7.98. The van der Waals surface area contributed by atoms with Crippen LogP contribution in [0.5, 0.6) is 5.75 Å². The first-order valence-electron chi connectivity index (χ1n) is 9.84. The molecule has 0 fully saturated rings. The van der Waals surface area contributed by atoms with Crippen LogP contribution in [0.1, 0.15) is 31.4 Å². The maximum atomic E-state index is 12.6. The molecule has 2 aromatic carbocycles. The molecule has 0 aliphatic carbocycles. The summed E-state index contributed by atoms with van der Waals surface area (Å²) in [5, 5.41) is 21.1. The number of carboxylic acid groups (broad SMARTS) is 1. The molecule has 0 aliphatic heterocycles. The second-order valence-electron chi connectivity index (χ2n) is 6.58. The lowest BCUT2D eigenvalue weighted by atomic mass is 10.00. The highest BCUT2D eigenvalue weighted by Gasteiger charge is 2.27. The fraction of sp³-hybridized carbons (Fsp3) is 0.304. The summed E-state index contributed by atoms with van der Waals surface area (Å²) >= 11 is 1.60. The Morgan fingerprint density at radius 1 is 1.13 bits per heavy atom. The molecule has 166 valence electrons. The molecule has 0 aliphatic rings. The smallest absolute Gasteiger partial charge is 0.412 e. The van der Waals surface area contributed by atoms with Gasteiger partial charge >= 0.3 is 12.1 Å². The number of allylic oxidation sites excluding steroid dienone is 1. The van der Waals surface area contributed by atoms with Crippen LogP contribution in [0.3, 0.4) is 0 Å². The summed E-state index contributed by atoms with van der Waals surface area (Å²) in [4.78, 5) is 24.4. The Balaban J connectivity index is 2.17. The summed E-state index contributed by atoms with van der Waals surface area (Å²) in [7, 11) is 0. The fourth-order valence-electron chi connectivity index (χ4n) is 2.94. The van der Waals surface area contributed by atoms with Crippen molar-refractivity contribution in [2.45, 2.75) is 36.9 Å². The number of aliphatic carboxylic acids is 1. The van der Waals surface area contributed by atoms with Crippen LogP contribution in [0.15, 0.2) is 65.6 Å². The summed E-state index contributed by atoms with van der Waals surface area (Å²) in [5.41, 5.74) is 1.26. The monoisotopic (exact) mass is 445 g/mol. The van der Waals surface area contributed by atoms with E-state index in [9.17, 15) is 14.7 Å². The standard InChI is InChI=1S/C23H27NO6S/c1-3-29-20(6-4-5-7-21(26)27)22(16-8-12-18(25)13-9-16)30-23(28)24-17-10-14-19(31-2)15-11-17/h5,7-15,20,22,25H,3-4,6H2,1-2H3,(H,24,28)(H,26,27)/b7-5+/t20-,22-/m0/s1. The van der Waals surface area contributed by atoms with Gasteiger partial charge in [-0.2, -0.15) is 0 Å². The van der Waals surface area contributed by atoms with Gasteiger partial charge in [-0.05, 0) is 68.0 Å². The van der Waals surface area contributed by atoms with E-state index in [0.29, 0.717) is 30.7 Å². The zero-order chi connectivity index (χ0) is 22.6. The van der Waals surface area contributed by atoms with E-state index in [0.717, 1.165) is 11.0 Å². The lowest BCUT2D eigenvalue weighted by Gasteiger charge is -2.27. The molecular weight excluding hydrogens is 418 g/mol. The Kier molecular flexibility index (Phi) is 9.93. The maximum absolute atomic E-state index is 12.6. The van der Waals surface area contributed by atoms with Gasteiger partial charge in [0.1, 0.15) is 5.75 Å². The number of thioether (sulfide) groups is 1. The molecule has 3 N–H and O–H groups in total. The Morgan fingerprint density at radius 3 is 2.39 bits per heavy atom. The number of carbonyl (C=O) groups excluding carboxylic acids is 1. The first-order chi connectivity index (χ1) is 14.9. The van der Waals surface area contributed by atoms with E-state index in [1.807, 2.05) is 25.3 Å². The van der Waals surface area contributed by atoms with Gasteiger partial charge in [-0.1, -0.05) is 18.2 Å². The van der Waals surface area contributed by atoms with Gasteiger partial charge in [0.05, 0.1) is 6.10 Å². The molecule has 0 saturated heterocycles. The number of phenolic OH excluding ortho intramolecular Hbond substituents is 1. The van der Waals surface area contributed by atoms with Gasteiger partial charge in [0.2, 0.25) is 0 Å². The van der Waals surface area contributed by atoms with Gasteiger partial charge in [-0.15, -0.1) is 11.8 Å². The van der Waals surface area contributed by atoms with Crippen LogP contribution in [0.2, 0.25) is 0 Å². The largest absolute Gasteiger partial charge is 0.508 e. The van der Waals surface area contributed by atoms with Crippen molar-refractivity contribution in [2.75, 3.05) is 18.2 Å². The van der Waals surface area contributed by atoms with Gasteiger partial charge in [0.25, 0.3) is 0 Å². The molecule has 0 aromatic heterocycles. The average Bonchev–Trinajstić information content (AvgIpc) is 2.75. The van der Waals surface area contributed by atoms with Crippen molar-refractivity contribution in [1.29, 1.82) is 0 Å². The Bertz CT molecular complexity index is 867. The summed E-state index contributed by atoms with van der Waals surface area (Å²) in [6.45, 7) is 2.23. The fourth-order valence-corrected chi connectivity index (χ4v) is 3.35. The topological polar surface area (TPSA) is 105 Å². The van der Waals surface area contributed by atoms with E-state index in [4.69, 9.17) is 14.6 Å². The van der Waals surface area contributed by atoms with E-state index in [2.05, 4.69) is 5.32 Å². The Labute approximate surface area is 186 Å². The summed E-state index contributed by atoms with van der Waals surface area (Å²) in [6.07, 6.45) is 3.58. The number of rotatable bonds is 11. The molecule has 0 spiro atoms. The molecule has 7 nitrogen and oxygen atoms in total. The van der Waals surface area contributed by atoms with E-state index in [1.165, 1.54) is 18.2 Å². The molecule has 0 bridgehead atoms. The number of carboxylic acids is 1. The molecule has 0 saturated carbocycles. The summed E-state index contributed by atoms with van der Waals surface area (Å²) in [5.74, 6) is -0.927. The quantitative estimate of drug-likeness (QED) is 0.321. The molecule has 0 radical (unpaired) electrons. The molecule has 8 heteroatoms.